The summed E-state index contributed by atoms with van der Waals surface area (Å²) >= 11 is 7.34. The van der Waals surface area contributed by atoms with Gasteiger partial charge in [0.05, 0.1) is 27.9 Å². The summed E-state index contributed by atoms with van der Waals surface area (Å²) in [5, 5.41) is 0.563. The molecule has 0 radical (unpaired) electrons. The molecule has 172 valence electrons. The molecule has 4 rings (SSSR count). The van der Waals surface area contributed by atoms with Gasteiger partial charge in [-0.1, -0.05) is 35.1 Å². The molecule has 3 heterocycles. The number of furan rings is 1. The van der Waals surface area contributed by atoms with Crippen LogP contribution in [0.5, 0.6) is 0 Å². The molecule has 7 nitrogen and oxygen atoms in total. The highest BCUT2D eigenvalue weighted by Gasteiger charge is 2.33. The summed E-state index contributed by atoms with van der Waals surface area (Å²) < 4.78 is 13.3. The Kier molecular flexibility index (Phi) is 6.32. The summed E-state index contributed by atoms with van der Waals surface area (Å²) in [5.74, 6) is 0.743. The number of benzene rings is 1. The SMILES string of the molecule is CC1=C(C(=O)OC(C)C)C(c2ccc(Cl)cc2)n2c(s/c(=C\c3ccc(N(C)C)o3)c2=O)=N1. The summed E-state index contributed by atoms with van der Waals surface area (Å²) in [7, 11) is 3.76. The number of esters is 1. The lowest BCUT2D eigenvalue weighted by atomic mass is 9.96. The molecule has 0 bridgehead atoms. The Hall–Kier alpha value is -3.10. The van der Waals surface area contributed by atoms with Gasteiger partial charge < -0.3 is 14.1 Å². The molecule has 0 saturated carbocycles. The molecular formula is C24H24ClN3O4S. The van der Waals surface area contributed by atoms with Crippen molar-refractivity contribution >= 4 is 40.9 Å². The molecule has 0 aliphatic carbocycles. The summed E-state index contributed by atoms with van der Waals surface area (Å²) in [6, 6.07) is 10.0. The Morgan fingerprint density at radius 2 is 1.94 bits per heavy atom. The maximum atomic E-state index is 13.5. The van der Waals surface area contributed by atoms with Crippen molar-refractivity contribution in [2.24, 2.45) is 4.99 Å². The zero-order valence-corrected chi connectivity index (χ0v) is 20.5. The van der Waals surface area contributed by atoms with E-state index < -0.39 is 12.0 Å². The summed E-state index contributed by atoms with van der Waals surface area (Å²) in [4.78, 5) is 33.5. The molecule has 0 amide bonds. The summed E-state index contributed by atoms with van der Waals surface area (Å²) in [6.45, 7) is 5.32. The minimum absolute atomic E-state index is 0.260. The molecule has 1 atom stereocenters. The van der Waals surface area contributed by atoms with E-state index in [4.69, 9.17) is 20.8 Å². The van der Waals surface area contributed by atoms with Crippen LogP contribution in [0, 0.1) is 0 Å². The van der Waals surface area contributed by atoms with Crippen LogP contribution in [0.25, 0.3) is 6.08 Å². The molecule has 33 heavy (non-hydrogen) atoms. The Morgan fingerprint density at radius 1 is 1.24 bits per heavy atom. The van der Waals surface area contributed by atoms with Crippen LogP contribution in [0.3, 0.4) is 0 Å². The van der Waals surface area contributed by atoms with Gasteiger partial charge >= 0.3 is 5.97 Å². The van der Waals surface area contributed by atoms with Crippen LogP contribution in [0.1, 0.15) is 38.1 Å². The van der Waals surface area contributed by atoms with E-state index in [-0.39, 0.29) is 11.7 Å². The number of ether oxygens (including phenoxy) is 1. The van der Waals surface area contributed by atoms with Crippen LogP contribution in [-0.2, 0) is 9.53 Å². The third kappa shape index (κ3) is 4.54. The first kappa shape index (κ1) is 23.1. The number of halogens is 1. The number of rotatable bonds is 5. The third-order valence-corrected chi connectivity index (χ3v) is 6.33. The number of fused-ring (bicyclic) bond motifs is 1. The van der Waals surface area contributed by atoms with E-state index in [0.717, 1.165) is 5.56 Å². The number of nitrogens with zero attached hydrogens (tertiary/aromatic N) is 3. The molecule has 1 unspecified atom stereocenters. The molecular weight excluding hydrogens is 462 g/mol. The molecule has 0 N–H and O–H groups in total. The maximum absolute atomic E-state index is 13.5. The first-order valence-corrected chi connectivity index (χ1v) is 11.6. The number of carbonyl (C=O) groups excluding carboxylic acids is 1. The van der Waals surface area contributed by atoms with Gasteiger partial charge in [0, 0.05) is 31.3 Å². The quantitative estimate of drug-likeness (QED) is 0.517. The smallest absolute Gasteiger partial charge is 0.338 e. The second kappa shape index (κ2) is 9.03. The molecule has 1 aliphatic rings. The van der Waals surface area contributed by atoms with E-state index in [0.29, 0.717) is 37.3 Å². The first-order chi connectivity index (χ1) is 15.7. The fourth-order valence-corrected chi connectivity index (χ4v) is 4.76. The lowest BCUT2D eigenvalue weighted by Crippen LogP contribution is -2.40. The molecule has 3 aromatic rings. The van der Waals surface area contributed by atoms with Gasteiger partial charge in [0.2, 0.25) is 0 Å². The number of allylic oxidation sites excluding steroid dienone is 1. The van der Waals surface area contributed by atoms with Crippen LogP contribution < -0.4 is 19.8 Å². The predicted molar refractivity (Wildman–Crippen MR) is 129 cm³/mol. The van der Waals surface area contributed by atoms with Gasteiger partial charge in [0.25, 0.3) is 5.56 Å². The molecule has 0 spiro atoms. The third-order valence-electron chi connectivity index (χ3n) is 5.10. The Balaban J connectivity index is 1.91. The van der Waals surface area contributed by atoms with Gasteiger partial charge in [-0.05, 0) is 44.5 Å². The highest BCUT2D eigenvalue weighted by atomic mass is 35.5. The molecule has 1 aliphatic heterocycles. The normalized spacial score (nSPS) is 16.1. The largest absolute Gasteiger partial charge is 0.459 e. The van der Waals surface area contributed by atoms with Crippen molar-refractivity contribution in [2.75, 3.05) is 19.0 Å². The van der Waals surface area contributed by atoms with Crippen molar-refractivity contribution < 1.29 is 13.9 Å². The number of anilines is 1. The van der Waals surface area contributed by atoms with E-state index in [2.05, 4.69) is 4.99 Å². The van der Waals surface area contributed by atoms with Crippen molar-refractivity contribution in [2.45, 2.75) is 32.9 Å². The van der Waals surface area contributed by atoms with E-state index in [1.807, 2.05) is 25.1 Å². The van der Waals surface area contributed by atoms with Crippen molar-refractivity contribution in [1.29, 1.82) is 0 Å². The van der Waals surface area contributed by atoms with Crippen molar-refractivity contribution in [3.05, 3.63) is 83.7 Å². The van der Waals surface area contributed by atoms with Gasteiger partial charge in [-0.15, -0.1) is 0 Å². The van der Waals surface area contributed by atoms with Crippen LogP contribution in [0.4, 0.5) is 5.88 Å². The molecule has 0 saturated heterocycles. The number of thiazole rings is 1. The highest BCUT2D eigenvalue weighted by molar-refractivity contribution is 7.07. The Morgan fingerprint density at radius 3 is 2.55 bits per heavy atom. The van der Waals surface area contributed by atoms with Gasteiger partial charge in [-0.25, -0.2) is 9.79 Å². The molecule has 0 fully saturated rings. The number of hydrogen-bond donors (Lipinski definition) is 0. The second-order valence-corrected chi connectivity index (χ2v) is 9.60. The number of hydrogen-bond acceptors (Lipinski definition) is 7. The predicted octanol–water partition coefficient (Wildman–Crippen LogP) is 3.50. The lowest BCUT2D eigenvalue weighted by Gasteiger charge is -2.25. The lowest BCUT2D eigenvalue weighted by molar-refractivity contribution is -0.143. The molecule has 2 aromatic heterocycles. The van der Waals surface area contributed by atoms with Crippen LogP contribution >= 0.6 is 22.9 Å². The summed E-state index contributed by atoms with van der Waals surface area (Å²) in [6.07, 6.45) is 1.39. The van der Waals surface area contributed by atoms with Gasteiger partial charge in [0.1, 0.15) is 5.76 Å². The van der Waals surface area contributed by atoms with Crippen LogP contribution in [0.2, 0.25) is 5.02 Å². The maximum Gasteiger partial charge on any atom is 0.338 e. The fraction of sp³-hybridized carbons (Fsp3) is 0.292. The Labute approximate surface area is 199 Å². The minimum atomic E-state index is -0.680. The molecule has 1 aromatic carbocycles. The van der Waals surface area contributed by atoms with Gasteiger partial charge in [-0.3, -0.25) is 9.36 Å². The Bertz CT molecular complexity index is 1410. The van der Waals surface area contributed by atoms with Crippen molar-refractivity contribution in [3.8, 4) is 0 Å². The second-order valence-electron chi connectivity index (χ2n) is 8.16. The average molecular weight is 486 g/mol. The zero-order chi connectivity index (χ0) is 23.9. The highest BCUT2D eigenvalue weighted by Crippen LogP contribution is 2.31. The first-order valence-electron chi connectivity index (χ1n) is 10.4. The topological polar surface area (TPSA) is 77.0 Å². The van der Waals surface area contributed by atoms with Gasteiger partial charge in [-0.2, -0.15) is 0 Å². The van der Waals surface area contributed by atoms with E-state index in [1.54, 1.807) is 61.7 Å². The monoisotopic (exact) mass is 485 g/mol. The van der Waals surface area contributed by atoms with Gasteiger partial charge in [0.15, 0.2) is 10.7 Å². The van der Waals surface area contributed by atoms with Crippen LogP contribution in [-0.4, -0.2) is 30.7 Å². The number of carbonyl (C=O) groups is 1. The van der Waals surface area contributed by atoms with E-state index in [9.17, 15) is 9.59 Å². The van der Waals surface area contributed by atoms with E-state index >= 15 is 0 Å². The average Bonchev–Trinajstić information content (AvgIpc) is 3.32. The summed E-state index contributed by atoms with van der Waals surface area (Å²) in [5.41, 5.74) is 1.33. The van der Waals surface area contributed by atoms with Crippen molar-refractivity contribution in [3.63, 3.8) is 0 Å². The molecule has 9 heteroatoms. The fourth-order valence-electron chi connectivity index (χ4n) is 3.61. The van der Waals surface area contributed by atoms with Crippen LogP contribution in [0.15, 0.2) is 61.9 Å². The number of aromatic nitrogens is 1. The minimum Gasteiger partial charge on any atom is -0.459 e. The van der Waals surface area contributed by atoms with Crippen molar-refractivity contribution in [1.82, 2.24) is 4.57 Å². The zero-order valence-electron chi connectivity index (χ0n) is 19.0. The van der Waals surface area contributed by atoms with E-state index in [1.165, 1.54) is 11.3 Å². The standard InChI is InChI=1S/C24H24ClN3O4S/c1-13(2)31-23(30)20-14(3)26-24-28(21(20)15-6-8-16(25)9-7-15)22(29)18(33-24)12-17-10-11-19(32-17)27(4)5/h6-13,21H,1-5H3/b18-12-.